The van der Waals surface area contributed by atoms with Crippen molar-refractivity contribution in [3.05, 3.63) is 34.2 Å². The van der Waals surface area contributed by atoms with E-state index >= 15 is 0 Å². The smallest absolute Gasteiger partial charge is 0.314 e. The van der Waals surface area contributed by atoms with Gasteiger partial charge < -0.3 is 4.57 Å². The molecule has 1 fully saturated rings. The van der Waals surface area contributed by atoms with E-state index in [1.165, 1.54) is 10.6 Å². The van der Waals surface area contributed by atoms with Gasteiger partial charge in [-0.3, -0.25) is 19.2 Å². The van der Waals surface area contributed by atoms with Gasteiger partial charge in [-0.2, -0.15) is 0 Å². The minimum Gasteiger partial charge on any atom is -0.314 e. The molecular weight excluding hydrogens is 301 g/mol. The largest absolute Gasteiger partial charge is 0.522 e. The van der Waals surface area contributed by atoms with Crippen molar-refractivity contribution in [1.29, 1.82) is 0 Å². The molecule has 0 spiro atoms. The lowest BCUT2D eigenvalue weighted by Gasteiger charge is -2.38. The number of aromatic nitrogens is 1. The molecule has 0 radical (unpaired) electrons. The molecule has 1 saturated heterocycles. The van der Waals surface area contributed by atoms with Gasteiger partial charge >= 0.3 is 6.36 Å². The number of halogens is 3. The van der Waals surface area contributed by atoms with Crippen LogP contribution in [0.1, 0.15) is 23.7 Å². The monoisotopic (exact) mass is 318 g/mol. The predicted octanol–water partition coefficient (Wildman–Crippen LogP) is 1.66. The minimum atomic E-state index is -4.61. The SMILES string of the molecule is CCC(=O)c1cccn(CCN2CC(OC(F)(F)F)C2)c1=O. The molecule has 0 atom stereocenters. The molecule has 8 heteroatoms. The molecule has 2 rings (SSSR count). The quantitative estimate of drug-likeness (QED) is 0.749. The summed E-state index contributed by atoms with van der Waals surface area (Å²) in [5.74, 6) is -0.220. The van der Waals surface area contributed by atoms with Gasteiger partial charge in [0, 0.05) is 38.8 Å². The summed E-state index contributed by atoms with van der Waals surface area (Å²) in [6.07, 6.45) is -3.63. The van der Waals surface area contributed by atoms with Crippen LogP contribution in [-0.2, 0) is 11.3 Å². The maximum absolute atomic E-state index is 12.1. The Balaban J connectivity index is 1.87. The van der Waals surface area contributed by atoms with Gasteiger partial charge in [0.2, 0.25) is 0 Å². The highest BCUT2D eigenvalue weighted by atomic mass is 19.4. The van der Waals surface area contributed by atoms with E-state index in [0.717, 1.165) is 0 Å². The van der Waals surface area contributed by atoms with Gasteiger partial charge in [0.15, 0.2) is 5.78 Å². The van der Waals surface area contributed by atoms with Crippen LogP contribution in [0.15, 0.2) is 23.1 Å². The van der Waals surface area contributed by atoms with Crippen LogP contribution >= 0.6 is 0 Å². The lowest BCUT2D eigenvalue weighted by atomic mass is 10.1. The molecule has 0 aromatic carbocycles. The van der Waals surface area contributed by atoms with Gasteiger partial charge in [0.05, 0.1) is 11.7 Å². The number of carbonyl (C=O) groups is 1. The Morgan fingerprint density at radius 1 is 1.36 bits per heavy atom. The summed E-state index contributed by atoms with van der Waals surface area (Å²) < 4.78 is 41.3. The molecule has 0 saturated carbocycles. The fourth-order valence-corrected chi connectivity index (χ4v) is 2.33. The van der Waals surface area contributed by atoms with Crippen LogP contribution < -0.4 is 5.56 Å². The van der Waals surface area contributed by atoms with Crippen molar-refractivity contribution < 1.29 is 22.7 Å². The zero-order valence-electron chi connectivity index (χ0n) is 12.1. The van der Waals surface area contributed by atoms with E-state index in [2.05, 4.69) is 4.74 Å². The molecule has 0 N–H and O–H groups in total. The first-order valence-electron chi connectivity index (χ1n) is 6.99. The number of hydrogen-bond donors (Lipinski definition) is 0. The van der Waals surface area contributed by atoms with Gasteiger partial charge in [-0.05, 0) is 12.1 Å². The number of hydrogen-bond acceptors (Lipinski definition) is 4. The molecule has 0 amide bonds. The Labute approximate surface area is 125 Å². The number of Topliss-reactive ketones (excluding diaryl/α,β-unsaturated/α-hetero) is 1. The topological polar surface area (TPSA) is 51.5 Å². The summed E-state index contributed by atoms with van der Waals surface area (Å²) in [5.41, 5.74) is -0.218. The maximum Gasteiger partial charge on any atom is 0.522 e. The van der Waals surface area contributed by atoms with E-state index in [-0.39, 0.29) is 36.4 Å². The number of nitrogens with zero attached hydrogens (tertiary/aromatic N) is 2. The Morgan fingerprint density at radius 2 is 2.05 bits per heavy atom. The van der Waals surface area contributed by atoms with Crippen LogP contribution in [0.2, 0.25) is 0 Å². The van der Waals surface area contributed by atoms with Gasteiger partial charge in [-0.1, -0.05) is 6.92 Å². The fraction of sp³-hybridized carbons (Fsp3) is 0.571. The average molecular weight is 318 g/mol. The van der Waals surface area contributed by atoms with Crippen molar-refractivity contribution in [3.63, 3.8) is 0 Å². The van der Waals surface area contributed by atoms with Gasteiger partial charge in [0.1, 0.15) is 0 Å². The van der Waals surface area contributed by atoms with Crippen LogP contribution in [-0.4, -0.2) is 47.4 Å². The standard InChI is InChI=1S/C14H17F3N2O3/c1-2-12(20)11-4-3-5-19(13(11)21)7-6-18-8-10(9-18)22-14(15,16)17/h3-5,10H,2,6-9H2,1H3. The number of pyridine rings is 1. The highest BCUT2D eigenvalue weighted by Gasteiger charge is 2.38. The summed E-state index contributed by atoms with van der Waals surface area (Å²) in [5, 5.41) is 0. The third kappa shape index (κ3) is 4.17. The van der Waals surface area contributed by atoms with E-state index in [1.54, 1.807) is 24.1 Å². The van der Waals surface area contributed by atoms with Gasteiger partial charge in [-0.25, -0.2) is 0 Å². The number of likely N-dealkylation sites (tertiary alicyclic amines) is 1. The molecule has 2 heterocycles. The predicted molar refractivity (Wildman–Crippen MR) is 72.7 cm³/mol. The second-order valence-corrected chi connectivity index (χ2v) is 5.14. The van der Waals surface area contributed by atoms with Crippen molar-refractivity contribution >= 4 is 5.78 Å². The Kier molecular flexibility index (Phi) is 5.02. The number of rotatable bonds is 6. The summed E-state index contributed by atoms with van der Waals surface area (Å²) in [6, 6.07) is 3.11. The number of ketones is 1. The van der Waals surface area contributed by atoms with E-state index in [0.29, 0.717) is 13.1 Å². The van der Waals surface area contributed by atoms with E-state index in [4.69, 9.17) is 0 Å². The van der Waals surface area contributed by atoms with E-state index in [9.17, 15) is 22.8 Å². The van der Waals surface area contributed by atoms with Crippen LogP contribution in [0.25, 0.3) is 0 Å². The molecule has 5 nitrogen and oxygen atoms in total. The van der Waals surface area contributed by atoms with Gasteiger partial charge in [-0.15, -0.1) is 13.2 Å². The molecule has 122 valence electrons. The summed E-state index contributed by atoms with van der Waals surface area (Å²) in [4.78, 5) is 25.5. The van der Waals surface area contributed by atoms with Crippen LogP contribution in [0.5, 0.6) is 0 Å². The molecule has 0 unspecified atom stereocenters. The molecule has 0 bridgehead atoms. The molecule has 1 aromatic heterocycles. The second-order valence-electron chi connectivity index (χ2n) is 5.14. The normalized spacial score (nSPS) is 16.5. The van der Waals surface area contributed by atoms with Crippen molar-refractivity contribution in [2.24, 2.45) is 0 Å². The number of alkyl halides is 3. The zero-order chi connectivity index (χ0) is 16.3. The summed E-state index contributed by atoms with van der Waals surface area (Å²) in [6.45, 7) is 2.80. The van der Waals surface area contributed by atoms with Crippen molar-refractivity contribution in [2.75, 3.05) is 19.6 Å². The highest BCUT2D eigenvalue weighted by molar-refractivity contribution is 5.95. The highest BCUT2D eigenvalue weighted by Crippen LogP contribution is 2.23. The fourth-order valence-electron chi connectivity index (χ4n) is 2.33. The lowest BCUT2D eigenvalue weighted by Crippen LogP contribution is -2.54. The molecule has 0 aliphatic carbocycles. The Bertz CT molecular complexity index is 592. The molecule has 1 aromatic rings. The first-order valence-corrected chi connectivity index (χ1v) is 6.99. The molecule has 22 heavy (non-hydrogen) atoms. The first kappa shape index (κ1) is 16.7. The zero-order valence-corrected chi connectivity index (χ0v) is 12.1. The third-order valence-electron chi connectivity index (χ3n) is 3.52. The van der Waals surface area contributed by atoms with Crippen LogP contribution in [0.3, 0.4) is 0 Å². The molecule has 1 aliphatic heterocycles. The van der Waals surface area contributed by atoms with E-state index in [1.807, 2.05) is 0 Å². The Morgan fingerprint density at radius 3 is 2.64 bits per heavy atom. The first-order chi connectivity index (χ1) is 10.3. The van der Waals surface area contributed by atoms with Gasteiger partial charge in [0.25, 0.3) is 5.56 Å². The summed E-state index contributed by atoms with van der Waals surface area (Å²) in [7, 11) is 0. The lowest BCUT2D eigenvalue weighted by molar-refractivity contribution is -0.354. The van der Waals surface area contributed by atoms with Crippen molar-refractivity contribution in [2.45, 2.75) is 32.4 Å². The molecular formula is C14H17F3N2O3. The average Bonchev–Trinajstić information content (AvgIpc) is 2.40. The minimum absolute atomic E-state index is 0.145. The maximum atomic E-state index is 12.1. The summed E-state index contributed by atoms with van der Waals surface area (Å²) >= 11 is 0. The molecule has 1 aliphatic rings. The number of ether oxygens (including phenoxy) is 1. The van der Waals surface area contributed by atoms with Crippen molar-refractivity contribution in [3.8, 4) is 0 Å². The third-order valence-corrected chi connectivity index (χ3v) is 3.52. The second kappa shape index (κ2) is 6.62. The van der Waals surface area contributed by atoms with Crippen molar-refractivity contribution in [1.82, 2.24) is 9.47 Å². The number of carbonyl (C=O) groups excluding carboxylic acids is 1. The van der Waals surface area contributed by atoms with E-state index < -0.39 is 12.5 Å². The van der Waals surface area contributed by atoms with Crippen LogP contribution in [0, 0.1) is 0 Å². The van der Waals surface area contributed by atoms with Crippen LogP contribution in [0.4, 0.5) is 13.2 Å². The Hall–Kier alpha value is -1.67.